The van der Waals surface area contributed by atoms with Gasteiger partial charge in [-0.25, -0.2) is 14.4 Å². The van der Waals surface area contributed by atoms with Crippen LogP contribution in [0, 0.1) is 17.2 Å². The first-order valence-electron chi connectivity index (χ1n) is 20.5. The van der Waals surface area contributed by atoms with Crippen molar-refractivity contribution in [1.82, 2.24) is 30.7 Å². The van der Waals surface area contributed by atoms with Crippen LogP contribution in [0.4, 0.5) is 15.3 Å². The fourth-order valence-electron chi connectivity index (χ4n) is 7.19. The second kappa shape index (κ2) is 23.2. The van der Waals surface area contributed by atoms with Crippen molar-refractivity contribution >= 4 is 77.3 Å². The van der Waals surface area contributed by atoms with Gasteiger partial charge in [0.1, 0.15) is 24.4 Å². The van der Waals surface area contributed by atoms with Gasteiger partial charge in [0.15, 0.2) is 0 Å². The maximum absolute atomic E-state index is 13.5. The van der Waals surface area contributed by atoms with Crippen LogP contribution in [0.3, 0.4) is 0 Å². The van der Waals surface area contributed by atoms with Gasteiger partial charge in [0.25, 0.3) is 11.8 Å². The number of thioether (sulfide) groups is 1. The molecule has 0 bridgehead atoms. The summed E-state index contributed by atoms with van der Waals surface area (Å²) in [6.07, 6.45) is 3.72. The third kappa shape index (κ3) is 13.6. The average Bonchev–Trinajstić information content (AvgIpc) is 3.73. The number of nitrogens with zero attached hydrogens (tertiary/aromatic N) is 3. The number of imide groups is 1. The standard InChI is InChI=1S/C41H55N9O12S/c1-23(2)34(47-30(52)9-5-4-6-17-49-31(53)14-15-32(49)54)37(56)46-27(8-7-16-44-40(43)60)36(55)45-26-12-10-25(11-13-26)21-62-41(61)48(22-42)18-19-63-29-20-28-33(24(3)51)38(57)50(28)35(29)39(58)59/h10-15,22-24,27-28,33-34,42,51H,4-9,16-21H2,1-3H3,(H,45,55)(H,46,56)(H,47,52)(H,58,59)(H3,43,44,60)/t24-,27+,28-,33?,34+/m1/s1. The van der Waals surface area contributed by atoms with Gasteiger partial charge in [-0.1, -0.05) is 32.4 Å². The Morgan fingerprint density at radius 2 is 1.67 bits per heavy atom. The van der Waals surface area contributed by atoms with Crippen LogP contribution in [0.1, 0.15) is 71.3 Å². The number of aliphatic hydroxyl groups excluding tert-OH is 1. The van der Waals surface area contributed by atoms with Gasteiger partial charge < -0.3 is 46.9 Å². The second-order valence-electron chi connectivity index (χ2n) is 15.5. The van der Waals surface area contributed by atoms with Crippen LogP contribution in [0.5, 0.6) is 0 Å². The molecule has 3 aliphatic rings. The summed E-state index contributed by atoms with van der Waals surface area (Å²) >= 11 is 1.15. The molecule has 9 N–H and O–H groups in total. The van der Waals surface area contributed by atoms with Gasteiger partial charge >= 0.3 is 18.1 Å². The number of primary amides is 1. The van der Waals surface area contributed by atoms with Crippen molar-refractivity contribution < 1.29 is 58.1 Å². The maximum atomic E-state index is 13.5. The van der Waals surface area contributed by atoms with E-state index in [1.165, 1.54) is 24.0 Å². The molecular formula is C41H55N9O12S. The van der Waals surface area contributed by atoms with Gasteiger partial charge in [-0.3, -0.25) is 44.0 Å². The first-order chi connectivity index (χ1) is 29.9. The summed E-state index contributed by atoms with van der Waals surface area (Å²) in [6, 6.07) is 3.04. The predicted molar refractivity (Wildman–Crippen MR) is 228 cm³/mol. The zero-order chi connectivity index (χ0) is 46.4. The molecule has 0 spiro atoms. The monoisotopic (exact) mass is 897 g/mol. The van der Waals surface area contributed by atoms with Gasteiger partial charge in [-0.2, -0.15) is 0 Å². The Bertz CT molecular complexity index is 1970. The topological polar surface area (TPSA) is 311 Å². The van der Waals surface area contributed by atoms with Crippen molar-refractivity contribution in [2.75, 3.05) is 30.7 Å². The molecular weight excluding hydrogens is 843 g/mol. The number of nitrogens with one attached hydrogen (secondary N) is 5. The number of anilines is 1. The Morgan fingerprint density at radius 1 is 0.984 bits per heavy atom. The molecule has 4 rings (SSSR count). The molecule has 3 heterocycles. The minimum Gasteiger partial charge on any atom is -0.477 e. The van der Waals surface area contributed by atoms with E-state index in [0.29, 0.717) is 35.4 Å². The number of carboxylic acid groups (broad SMARTS) is 1. The van der Waals surface area contributed by atoms with Crippen molar-refractivity contribution in [1.29, 1.82) is 5.41 Å². The fourth-order valence-corrected chi connectivity index (χ4v) is 8.33. The Hall–Kier alpha value is -6.29. The van der Waals surface area contributed by atoms with E-state index >= 15 is 0 Å². The summed E-state index contributed by atoms with van der Waals surface area (Å²) in [5, 5.41) is 38.0. The molecule has 21 nitrogen and oxygen atoms in total. The van der Waals surface area contributed by atoms with Crippen LogP contribution in [0.2, 0.25) is 0 Å². The number of carbonyl (C=O) groups excluding carboxylic acids is 8. The third-order valence-corrected chi connectivity index (χ3v) is 11.6. The lowest BCUT2D eigenvalue weighted by atomic mass is 9.83. The van der Waals surface area contributed by atoms with Crippen LogP contribution < -0.4 is 27.0 Å². The number of aliphatic hydroxyl groups is 1. The summed E-state index contributed by atoms with van der Waals surface area (Å²) in [6.45, 7) is 5.15. The molecule has 1 aromatic carbocycles. The first-order valence-corrected chi connectivity index (χ1v) is 21.5. The molecule has 9 amide bonds. The number of benzene rings is 1. The normalized spacial score (nSPS) is 18.0. The highest BCUT2D eigenvalue weighted by molar-refractivity contribution is 8.03. The van der Waals surface area contributed by atoms with Gasteiger partial charge in [-0.05, 0) is 56.2 Å². The number of fused-ring (bicyclic) bond motifs is 1. The van der Waals surface area contributed by atoms with E-state index in [0.717, 1.165) is 27.9 Å². The number of nitrogens with two attached hydrogens (primary N) is 1. The largest absolute Gasteiger partial charge is 0.477 e. The minimum absolute atomic E-state index is 0.000502. The van der Waals surface area contributed by atoms with Gasteiger partial charge in [0.05, 0.1) is 24.4 Å². The Labute approximate surface area is 368 Å². The number of β-lactam (4-membered cyclic amide) rings is 1. The van der Waals surface area contributed by atoms with E-state index in [9.17, 15) is 53.4 Å². The number of aliphatic carboxylic acids is 1. The third-order valence-electron chi connectivity index (χ3n) is 10.5. The summed E-state index contributed by atoms with van der Waals surface area (Å²) in [5.41, 5.74) is 5.91. The van der Waals surface area contributed by atoms with E-state index in [-0.39, 0.29) is 87.0 Å². The molecule has 0 radical (unpaired) electrons. The Kier molecular flexibility index (Phi) is 18.2. The van der Waals surface area contributed by atoms with Crippen molar-refractivity contribution in [2.45, 2.75) is 96.6 Å². The van der Waals surface area contributed by atoms with Crippen LogP contribution in [0.15, 0.2) is 47.0 Å². The lowest BCUT2D eigenvalue weighted by molar-refractivity contribution is -0.161. The molecule has 1 unspecified atom stereocenters. The van der Waals surface area contributed by atoms with Crippen molar-refractivity contribution in [3.8, 4) is 0 Å². The zero-order valence-corrected chi connectivity index (χ0v) is 36.1. The molecule has 0 aliphatic carbocycles. The maximum Gasteiger partial charge on any atom is 0.415 e. The molecule has 1 saturated heterocycles. The molecule has 5 atom stereocenters. The number of amides is 9. The molecule has 1 fully saturated rings. The van der Waals surface area contributed by atoms with Crippen LogP contribution >= 0.6 is 11.8 Å². The minimum atomic E-state index is -1.26. The van der Waals surface area contributed by atoms with Gasteiger partial charge in [-0.15, -0.1) is 11.8 Å². The van der Waals surface area contributed by atoms with Crippen LogP contribution in [0.25, 0.3) is 0 Å². The number of hydrogen-bond acceptors (Lipinski definition) is 13. The van der Waals surface area contributed by atoms with E-state index < -0.39 is 66.0 Å². The summed E-state index contributed by atoms with van der Waals surface area (Å²) in [4.78, 5) is 115. The number of rotatable bonds is 25. The van der Waals surface area contributed by atoms with Crippen molar-refractivity contribution in [3.05, 3.63) is 52.6 Å². The quantitative estimate of drug-likeness (QED) is 0.0226. The second-order valence-corrected chi connectivity index (χ2v) is 16.7. The number of urea groups is 1. The molecule has 342 valence electrons. The fraction of sp³-hybridized carbons (Fsp3) is 0.512. The summed E-state index contributed by atoms with van der Waals surface area (Å²) < 4.78 is 5.37. The van der Waals surface area contributed by atoms with Crippen molar-refractivity contribution in [2.24, 2.45) is 17.6 Å². The van der Waals surface area contributed by atoms with E-state index in [4.69, 9.17) is 15.9 Å². The molecule has 0 aromatic heterocycles. The number of hydrogen-bond donors (Lipinski definition) is 8. The smallest absolute Gasteiger partial charge is 0.415 e. The lowest BCUT2D eigenvalue weighted by Crippen LogP contribution is -2.61. The number of carbonyl (C=O) groups is 9. The van der Waals surface area contributed by atoms with Crippen LogP contribution in [-0.4, -0.2) is 134 Å². The number of unbranched alkanes of at least 4 members (excludes halogenated alkanes) is 2. The summed E-state index contributed by atoms with van der Waals surface area (Å²) in [5.74, 6) is -4.85. The molecule has 1 aromatic rings. The SMILES string of the molecule is CC(C)[C@H](NC(=O)CCCCCN1C(=O)C=CC1=O)C(=O)N[C@@H](CCCNC(N)=O)C(=O)Nc1ccc(COC(=O)N(C=N)CCSC2=C(C(=O)O)N3C(=O)C([C@@H](C)O)[C@H]3C2)cc1. The average molecular weight is 898 g/mol. The predicted octanol–water partition coefficient (Wildman–Crippen LogP) is 1.37. The lowest BCUT2D eigenvalue weighted by Gasteiger charge is -2.44. The highest BCUT2D eigenvalue weighted by Gasteiger charge is 2.56. The zero-order valence-electron chi connectivity index (χ0n) is 35.3. The molecule has 0 saturated carbocycles. The Balaban J connectivity index is 1.26. The van der Waals surface area contributed by atoms with Crippen molar-refractivity contribution in [3.63, 3.8) is 0 Å². The van der Waals surface area contributed by atoms with Gasteiger partial charge in [0, 0.05) is 61.0 Å². The van der Waals surface area contributed by atoms with Crippen LogP contribution in [-0.2, 0) is 44.9 Å². The Morgan fingerprint density at radius 3 is 2.27 bits per heavy atom. The highest BCUT2D eigenvalue weighted by atomic mass is 32.2. The molecule has 22 heteroatoms. The van der Waals surface area contributed by atoms with E-state index in [1.54, 1.807) is 38.1 Å². The molecule has 63 heavy (non-hydrogen) atoms. The van der Waals surface area contributed by atoms with Gasteiger partial charge in [0.2, 0.25) is 23.6 Å². The highest BCUT2D eigenvalue weighted by Crippen LogP contribution is 2.47. The first kappa shape index (κ1) is 49.4. The summed E-state index contributed by atoms with van der Waals surface area (Å²) in [7, 11) is 0. The number of carboxylic acids is 1. The number of ether oxygens (including phenoxy) is 1. The van der Waals surface area contributed by atoms with E-state index in [1.807, 2.05) is 0 Å². The molecule has 3 aliphatic heterocycles. The van der Waals surface area contributed by atoms with E-state index in [2.05, 4.69) is 21.3 Å².